The summed E-state index contributed by atoms with van der Waals surface area (Å²) in [5.74, 6) is -0.505. The highest BCUT2D eigenvalue weighted by Gasteiger charge is 2.16. The van der Waals surface area contributed by atoms with Crippen molar-refractivity contribution in [2.45, 2.75) is 32.0 Å². The summed E-state index contributed by atoms with van der Waals surface area (Å²) in [5, 5.41) is 6.04. The Bertz CT molecular complexity index is 866. The Hall–Kier alpha value is -2.06. The number of carbonyl (C=O) groups is 2. The molecular formula is C16H19ClN4O3S. The summed E-state index contributed by atoms with van der Waals surface area (Å²) in [6, 6.07) is 4.22. The SMILES string of the molecule is CCNC(=O)NC(=O)CSc1nc2cc(Cl)ccc2c(=O)n1C(C)C. The van der Waals surface area contributed by atoms with Crippen LogP contribution in [0.5, 0.6) is 0 Å². The molecule has 0 bridgehead atoms. The van der Waals surface area contributed by atoms with E-state index in [9.17, 15) is 14.4 Å². The Kier molecular flexibility index (Phi) is 6.44. The van der Waals surface area contributed by atoms with Crippen molar-refractivity contribution >= 4 is 46.2 Å². The van der Waals surface area contributed by atoms with Crippen LogP contribution < -0.4 is 16.2 Å². The molecule has 1 aromatic heterocycles. The summed E-state index contributed by atoms with van der Waals surface area (Å²) in [5.41, 5.74) is 0.282. The van der Waals surface area contributed by atoms with Gasteiger partial charge in [-0.05, 0) is 39.0 Å². The van der Waals surface area contributed by atoms with Gasteiger partial charge in [0, 0.05) is 17.6 Å². The van der Waals surface area contributed by atoms with Gasteiger partial charge in [0.2, 0.25) is 5.91 Å². The van der Waals surface area contributed by atoms with Gasteiger partial charge in [0.25, 0.3) is 5.56 Å². The number of halogens is 1. The monoisotopic (exact) mass is 382 g/mol. The van der Waals surface area contributed by atoms with Gasteiger partial charge in [-0.1, -0.05) is 23.4 Å². The maximum absolute atomic E-state index is 12.7. The van der Waals surface area contributed by atoms with Gasteiger partial charge in [-0.3, -0.25) is 19.5 Å². The molecule has 0 fully saturated rings. The highest BCUT2D eigenvalue weighted by atomic mass is 35.5. The number of hydrogen-bond acceptors (Lipinski definition) is 5. The van der Waals surface area contributed by atoms with Crippen molar-refractivity contribution in [2.24, 2.45) is 0 Å². The third kappa shape index (κ3) is 4.73. The first-order valence-electron chi connectivity index (χ1n) is 7.75. The second-order valence-electron chi connectivity index (χ2n) is 5.52. The summed E-state index contributed by atoms with van der Waals surface area (Å²) < 4.78 is 1.53. The van der Waals surface area contributed by atoms with Crippen LogP contribution >= 0.6 is 23.4 Å². The van der Waals surface area contributed by atoms with Gasteiger partial charge in [0.1, 0.15) is 0 Å². The number of thioether (sulfide) groups is 1. The van der Waals surface area contributed by atoms with Crippen LogP contribution in [0.25, 0.3) is 10.9 Å². The molecule has 2 aromatic rings. The van der Waals surface area contributed by atoms with Crippen LogP contribution in [0.4, 0.5) is 4.79 Å². The Morgan fingerprint density at radius 1 is 1.36 bits per heavy atom. The first-order valence-corrected chi connectivity index (χ1v) is 9.12. The summed E-state index contributed by atoms with van der Waals surface area (Å²) in [4.78, 5) is 40.4. The largest absolute Gasteiger partial charge is 0.338 e. The van der Waals surface area contributed by atoms with Crippen molar-refractivity contribution < 1.29 is 9.59 Å². The lowest BCUT2D eigenvalue weighted by Gasteiger charge is -2.16. The van der Waals surface area contributed by atoms with Gasteiger partial charge >= 0.3 is 6.03 Å². The quantitative estimate of drug-likeness (QED) is 0.612. The molecule has 0 aliphatic carbocycles. The lowest BCUT2D eigenvalue weighted by Crippen LogP contribution is -2.40. The van der Waals surface area contributed by atoms with Crippen LogP contribution in [0.15, 0.2) is 28.2 Å². The second kappa shape index (κ2) is 8.35. The third-order valence-corrected chi connectivity index (χ3v) is 4.46. The summed E-state index contributed by atoms with van der Waals surface area (Å²) >= 11 is 7.07. The first kappa shape index (κ1) is 19.3. The van der Waals surface area contributed by atoms with E-state index in [0.29, 0.717) is 27.6 Å². The topological polar surface area (TPSA) is 93.1 Å². The molecule has 1 aromatic carbocycles. The minimum atomic E-state index is -0.549. The molecule has 0 aliphatic heterocycles. The molecule has 0 radical (unpaired) electrons. The number of nitrogens with zero attached hydrogens (tertiary/aromatic N) is 2. The smallest absolute Gasteiger partial charge is 0.321 e. The molecule has 25 heavy (non-hydrogen) atoms. The summed E-state index contributed by atoms with van der Waals surface area (Å²) in [6.07, 6.45) is 0. The van der Waals surface area contributed by atoms with Crippen molar-refractivity contribution in [3.8, 4) is 0 Å². The Morgan fingerprint density at radius 2 is 2.08 bits per heavy atom. The second-order valence-corrected chi connectivity index (χ2v) is 6.90. The van der Waals surface area contributed by atoms with Crippen molar-refractivity contribution in [3.05, 3.63) is 33.6 Å². The molecule has 0 saturated carbocycles. The Labute approximate surface area is 154 Å². The van der Waals surface area contributed by atoms with E-state index in [1.54, 1.807) is 25.1 Å². The molecular weight excluding hydrogens is 364 g/mol. The van der Waals surface area contributed by atoms with Gasteiger partial charge in [-0.2, -0.15) is 0 Å². The van der Waals surface area contributed by atoms with Crippen molar-refractivity contribution in [1.29, 1.82) is 0 Å². The Balaban J connectivity index is 2.30. The molecule has 0 aliphatic rings. The van der Waals surface area contributed by atoms with E-state index < -0.39 is 11.9 Å². The van der Waals surface area contributed by atoms with Crippen LogP contribution in [-0.2, 0) is 4.79 Å². The molecule has 3 amide bonds. The number of rotatable bonds is 5. The fourth-order valence-electron chi connectivity index (χ4n) is 2.21. The standard InChI is InChI=1S/C16H19ClN4O3S/c1-4-18-15(24)20-13(22)8-25-16-19-12-7-10(17)5-6-11(12)14(23)21(16)9(2)3/h5-7,9H,4,8H2,1-3H3,(H2,18,20,22,24). The van der Waals surface area contributed by atoms with Crippen molar-refractivity contribution in [3.63, 3.8) is 0 Å². The highest BCUT2D eigenvalue weighted by molar-refractivity contribution is 7.99. The van der Waals surface area contributed by atoms with E-state index in [-0.39, 0.29) is 17.4 Å². The van der Waals surface area contributed by atoms with Gasteiger partial charge in [-0.25, -0.2) is 9.78 Å². The lowest BCUT2D eigenvalue weighted by molar-refractivity contribution is -0.117. The molecule has 1 heterocycles. The summed E-state index contributed by atoms with van der Waals surface area (Å²) in [6.45, 7) is 5.91. The number of amides is 3. The molecule has 134 valence electrons. The fourth-order valence-corrected chi connectivity index (χ4v) is 3.30. The number of carbonyl (C=O) groups excluding carboxylic acids is 2. The van der Waals surface area contributed by atoms with E-state index >= 15 is 0 Å². The average Bonchev–Trinajstić information content (AvgIpc) is 2.52. The average molecular weight is 383 g/mol. The Morgan fingerprint density at radius 3 is 2.72 bits per heavy atom. The van der Waals surface area contributed by atoms with E-state index in [4.69, 9.17) is 11.6 Å². The third-order valence-electron chi connectivity index (χ3n) is 3.27. The molecule has 0 atom stereocenters. The number of urea groups is 1. The number of fused-ring (bicyclic) bond motifs is 1. The molecule has 2 N–H and O–H groups in total. The zero-order valence-corrected chi connectivity index (χ0v) is 15.7. The molecule has 9 heteroatoms. The number of aromatic nitrogens is 2. The maximum atomic E-state index is 12.7. The first-order chi connectivity index (χ1) is 11.8. The van der Waals surface area contributed by atoms with Gasteiger partial charge in [-0.15, -0.1) is 0 Å². The van der Waals surface area contributed by atoms with Crippen LogP contribution in [-0.4, -0.2) is 33.8 Å². The van der Waals surface area contributed by atoms with E-state index in [1.807, 2.05) is 13.8 Å². The van der Waals surface area contributed by atoms with E-state index in [0.717, 1.165) is 11.8 Å². The predicted molar refractivity (Wildman–Crippen MR) is 99.3 cm³/mol. The molecule has 0 saturated heterocycles. The zero-order chi connectivity index (χ0) is 18.6. The predicted octanol–water partition coefficient (Wildman–Crippen LogP) is 2.57. The van der Waals surface area contributed by atoms with Crippen LogP contribution in [0.3, 0.4) is 0 Å². The van der Waals surface area contributed by atoms with Gasteiger partial charge < -0.3 is 5.32 Å². The van der Waals surface area contributed by atoms with Crippen LogP contribution in [0.1, 0.15) is 26.8 Å². The normalized spacial score (nSPS) is 10.9. The highest BCUT2D eigenvalue weighted by Crippen LogP contribution is 2.22. The minimum absolute atomic E-state index is 0.0393. The lowest BCUT2D eigenvalue weighted by atomic mass is 10.2. The van der Waals surface area contributed by atoms with Crippen molar-refractivity contribution in [2.75, 3.05) is 12.3 Å². The van der Waals surface area contributed by atoms with E-state index in [1.165, 1.54) is 4.57 Å². The number of nitrogens with one attached hydrogen (secondary N) is 2. The fraction of sp³-hybridized carbons (Fsp3) is 0.375. The molecule has 0 unspecified atom stereocenters. The molecule has 7 nitrogen and oxygen atoms in total. The maximum Gasteiger partial charge on any atom is 0.321 e. The molecule has 2 rings (SSSR count). The summed E-state index contributed by atoms with van der Waals surface area (Å²) in [7, 11) is 0. The van der Waals surface area contributed by atoms with Gasteiger partial charge in [0.15, 0.2) is 5.16 Å². The number of benzene rings is 1. The number of imide groups is 1. The number of hydrogen-bond donors (Lipinski definition) is 2. The van der Waals surface area contributed by atoms with Crippen molar-refractivity contribution in [1.82, 2.24) is 20.2 Å². The molecule has 0 spiro atoms. The minimum Gasteiger partial charge on any atom is -0.338 e. The zero-order valence-electron chi connectivity index (χ0n) is 14.1. The van der Waals surface area contributed by atoms with E-state index in [2.05, 4.69) is 15.6 Å². The van der Waals surface area contributed by atoms with Gasteiger partial charge in [0.05, 0.1) is 16.7 Å². The van der Waals surface area contributed by atoms with Crippen LogP contribution in [0.2, 0.25) is 5.02 Å². The van der Waals surface area contributed by atoms with Crippen LogP contribution in [0, 0.1) is 0 Å².